The van der Waals surface area contributed by atoms with Crippen LogP contribution in [0.25, 0.3) is 0 Å². The van der Waals surface area contributed by atoms with E-state index in [2.05, 4.69) is 4.99 Å². The van der Waals surface area contributed by atoms with Gasteiger partial charge in [0.2, 0.25) is 0 Å². The summed E-state index contributed by atoms with van der Waals surface area (Å²) in [5.41, 5.74) is 3.25. The molecule has 0 fully saturated rings. The monoisotopic (exact) mass is 296 g/mol. The van der Waals surface area contributed by atoms with Crippen LogP contribution < -0.4 is 4.90 Å². The van der Waals surface area contributed by atoms with E-state index in [4.69, 9.17) is 4.74 Å². The van der Waals surface area contributed by atoms with Crippen molar-refractivity contribution in [2.75, 3.05) is 12.0 Å². The SMILES string of the molecule is COC1CC2=C(C=C1O)N=C[C@@H]1Cc3ccccc3N1C2=O. The molecule has 0 radical (unpaired) electrons. The number of hydrogen-bond acceptors (Lipinski definition) is 4. The molecule has 0 aromatic heterocycles. The van der Waals surface area contributed by atoms with Gasteiger partial charge in [-0.05, 0) is 11.6 Å². The van der Waals surface area contributed by atoms with Crippen molar-refractivity contribution in [1.82, 2.24) is 0 Å². The number of aliphatic hydroxyl groups is 1. The van der Waals surface area contributed by atoms with Crippen molar-refractivity contribution in [3.05, 3.63) is 52.9 Å². The number of carbonyl (C=O) groups is 1. The molecule has 5 nitrogen and oxygen atoms in total. The Kier molecular flexibility index (Phi) is 2.90. The summed E-state index contributed by atoms with van der Waals surface area (Å²) in [6.45, 7) is 0. The molecule has 3 aliphatic rings. The Labute approximate surface area is 128 Å². The van der Waals surface area contributed by atoms with E-state index in [9.17, 15) is 9.90 Å². The van der Waals surface area contributed by atoms with Crippen LogP contribution in [0.15, 0.2) is 52.4 Å². The highest BCUT2D eigenvalue weighted by Crippen LogP contribution is 2.37. The fourth-order valence-corrected chi connectivity index (χ4v) is 3.34. The summed E-state index contributed by atoms with van der Waals surface area (Å²) in [4.78, 5) is 19.3. The summed E-state index contributed by atoms with van der Waals surface area (Å²) >= 11 is 0. The minimum absolute atomic E-state index is 0.0479. The zero-order chi connectivity index (χ0) is 15.3. The zero-order valence-corrected chi connectivity index (χ0v) is 12.2. The molecule has 1 aromatic rings. The number of aliphatic imine (C=N–C) groups is 1. The number of para-hydroxylation sites is 1. The van der Waals surface area contributed by atoms with E-state index in [1.165, 1.54) is 13.2 Å². The number of benzene rings is 1. The molecule has 2 aliphatic heterocycles. The molecule has 0 saturated carbocycles. The second kappa shape index (κ2) is 4.81. The molecule has 5 heteroatoms. The normalized spacial score (nSPS) is 26.3. The first-order valence-corrected chi connectivity index (χ1v) is 7.31. The second-order valence-electron chi connectivity index (χ2n) is 5.71. The van der Waals surface area contributed by atoms with Crippen LogP contribution in [0, 0.1) is 0 Å². The van der Waals surface area contributed by atoms with E-state index in [0.29, 0.717) is 17.7 Å². The average Bonchev–Trinajstić information content (AvgIpc) is 2.84. The second-order valence-corrected chi connectivity index (χ2v) is 5.71. The molecule has 2 heterocycles. The number of methoxy groups -OCH3 is 1. The third-order valence-corrected chi connectivity index (χ3v) is 4.47. The first kappa shape index (κ1) is 13.3. The first-order valence-electron chi connectivity index (χ1n) is 7.31. The van der Waals surface area contributed by atoms with E-state index >= 15 is 0 Å². The Morgan fingerprint density at radius 2 is 2.14 bits per heavy atom. The number of fused-ring (bicyclic) bond motifs is 3. The number of carbonyl (C=O) groups excluding carboxylic acids is 1. The lowest BCUT2D eigenvalue weighted by molar-refractivity contribution is -0.115. The molecule has 1 aliphatic carbocycles. The maximum Gasteiger partial charge on any atom is 0.257 e. The molecule has 0 saturated heterocycles. The highest BCUT2D eigenvalue weighted by atomic mass is 16.5. The van der Waals surface area contributed by atoms with Crippen molar-refractivity contribution in [1.29, 1.82) is 0 Å². The number of hydrogen-bond donors (Lipinski definition) is 1. The Morgan fingerprint density at radius 3 is 2.95 bits per heavy atom. The maximum absolute atomic E-state index is 13.0. The lowest BCUT2D eigenvalue weighted by Gasteiger charge is -2.26. The number of amides is 1. The van der Waals surface area contributed by atoms with Gasteiger partial charge in [-0.1, -0.05) is 18.2 Å². The van der Waals surface area contributed by atoms with E-state index in [1.807, 2.05) is 29.2 Å². The largest absolute Gasteiger partial charge is 0.509 e. The Bertz CT molecular complexity index is 748. The minimum atomic E-state index is -0.479. The quantitative estimate of drug-likeness (QED) is 0.863. The van der Waals surface area contributed by atoms with Crippen molar-refractivity contribution >= 4 is 17.8 Å². The van der Waals surface area contributed by atoms with Crippen LogP contribution in [0.5, 0.6) is 0 Å². The number of anilines is 1. The third kappa shape index (κ3) is 1.82. The number of ether oxygens (including phenoxy) is 1. The van der Waals surface area contributed by atoms with E-state index < -0.39 is 6.10 Å². The number of nitrogens with zero attached hydrogens (tertiary/aromatic N) is 2. The zero-order valence-electron chi connectivity index (χ0n) is 12.2. The standard InChI is InChI=1S/C17H16N2O3/c1-22-16-7-12-13(8-15(16)20)18-9-11-6-10-4-2-3-5-14(10)19(11)17(12)21/h2-5,8-9,11,16,20H,6-7H2,1H3/t11-,16?/m0/s1. The number of allylic oxidation sites excluding steroid dienone is 1. The smallest absolute Gasteiger partial charge is 0.257 e. The number of aliphatic hydroxyl groups excluding tert-OH is 1. The van der Waals surface area contributed by atoms with Crippen LogP contribution in [0.3, 0.4) is 0 Å². The summed E-state index contributed by atoms with van der Waals surface area (Å²) in [6, 6.07) is 7.88. The van der Waals surface area contributed by atoms with Crippen LogP contribution in [0.1, 0.15) is 12.0 Å². The van der Waals surface area contributed by atoms with Gasteiger partial charge >= 0.3 is 0 Å². The Morgan fingerprint density at radius 1 is 1.32 bits per heavy atom. The summed E-state index contributed by atoms with van der Waals surface area (Å²) in [7, 11) is 1.53. The third-order valence-electron chi connectivity index (χ3n) is 4.47. The molecule has 1 unspecified atom stereocenters. The molecular formula is C17H16N2O3. The summed E-state index contributed by atoms with van der Waals surface area (Å²) in [5.74, 6) is 0.0712. The van der Waals surface area contributed by atoms with Crippen molar-refractivity contribution < 1.29 is 14.6 Å². The Hall–Kier alpha value is -2.40. The van der Waals surface area contributed by atoms with Crippen molar-refractivity contribution in [3.63, 3.8) is 0 Å². The van der Waals surface area contributed by atoms with Gasteiger partial charge in [-0.15, -0.1) is 0 Å². The molecule has 0 spiro atoms. The highest BCUT2D eigenvalue weighted by Gasteiger charge is 2.38. The van der Waals surface area contributed by atoms with Crippen LogP contribution >= 0.6 is 0 Å². The van der Waals surface area contributed by atoms with Crippen LogP contribution in [-0.4, -0.2) is 36.5 Å². The summed E-state index contributed by atoms with van der Waals surface area (Å²) in [5, 5.41) is 9.95. The molecule has 1 aromatic carbocycles. The van der Waals surface area contributed by atoms with Crippen molar-refractivity contribution in [2.45, 2.75) is 25.0 Å². The van der Waals surface area contributed by atoms with E-state index in [0.717, 1.165) is 17.7 Å². The van der Waals surface area contributed by atoms with Gasteiger partial charge in [-0.2, -0.15) is 0 Å². The summed E-state index contributed by atoms with van der Waals surface area (Å²) in [6.07, 6.45) is 3.98. The Balaban J connectivity index is 1.79. The van der Waals surface area contributed by atoms with E-state index in [1.54, 1.807) is 6.21 Å². The van der Waals surface area contributed by atoms with Crippen molar-refractivity contribution in [3.8, 4) is 0 Å². The molecule has 112 valence electrons. The summed E-state index contributed by atoms with van der Waals surface area (Å²) < 4.78 is 5.25. The van der Waals surface area contributed by atoms with Crippen molar-refractivity contribution in [2.24, 2.45) is 4.99 Å². The van der Waals surface area contributed by atoms with Gasteiger partial charge in [0.05, 0.1) is 11.7 Å². The minimum Gasteiger partial charge on any atom is -0.509 e. The highest BCUT2D eigenvalue weighted by molar-refractivity contribution is 6.11. The van der Waals surface area contributed by atoms with Gasteiger partial charge in [0.15, 0.2) is 0 Å². The average molecular weight is 296 g/mol. The predicted molar refractivity (Wildman–Crippen MR) is 83.1 cm³/mol. The molecule has 2 atom stereocenters. The van der Waals surface area contributed by atoms with Gasteiger partial charge < -0.3 is 9.84 Å². The fraction of sp³-hybridized carbons (Fsp3) is 0.294. The molecule has 1 amide bonds. The lowest BCUT2D eigenvalue weighted by atomic mass is 9.97. The van der Waals surface area contributed by atoms with Gasteiger partial charge in [0.1, 0.15) is 11.9 Å². The van der Waals surface area contributed by atoms with Gasteiger partial charge in [0, 0.05) is 43.5 Å². The van der Waals surface area contributed by atoms with Gasteiger partial charge in [0.25, 0.3) is 5.91 Å². The van der Waals surface area contributed by atoms with Crippen LogP contribution in [0.2, 0.25) is 0 Å². The molecular weight excluding hydrogens is 280 g/mol. The molecule has 0 bridgehead atoms. The van der Waals surface area contributed by atoms with Crippen LogP contribution in [0.4, 0.5) is 5.69 Å². The lowest BCUT2D eigenvalue weighted by Crippen LogP contribution is -2.39. The first-order chi connectivity index (χ1) is 10.7. The fourth-order valence-electron chi connectivity index (χ4n) is 3.34. The van der Waals surface area contributed by atoms with E-state index in [-0.39, 0.29) is 17.7 Å². The maximum atomic E-state index is 13.0. The molecule has 4 rings (SSSR count). The van der Waals surface area contributed by atoms with Gasteiger partial charge in [-0.3, -0.25) is 14.7 Å². The molecule has 22 heavy (non-hydrogen) atoms. The van der Waals surface area contributed by atoms with Gasteiger partial charge in [-0.25, -0.2) is 0 Å². The van der Waals surface area contributed by atoms with Crippen LogP contribution in [-0.2, 0) is 16.0 Å². The molecule has 1 N–H and O–H groups in total. The number of rotatable bonds is 1. The predicted octanol–water partition coefficient (Wildman–Crippen LogP) is 2.14. The topological polar surface area (TPSA) is 62.1 Å².